The van der Waals surface area contributed by atoms with Crippen LogP contribution in [-0.4, -0.2) is 52.9 Å². The summed E-state index contributed by atoms with van der Waals surface area (Å²) in [5.41, 5.74) is 5.70. The molecule has 0 radical (unpaired) electrons. The molecular weight excluding hydrogens is 529 g/mol. The molecule has 0 bridgehead atoms. The molecule has 0 fully saturated rings. The molecule has 2 amide bonds. The van der Waals surface area contributed by atoms with Crippen molar-refractivity contribution >= 4 is 22.7 Å². The van der Waals surface area contributed by atoms with Crippen molar-refractivity contribution in [1.82, 2.24) is 25.2 Å². The molecule has 0 aliphatic rings. The largest absolute Gasteiger partial charge is 0.494 e. The molecule has 0 unspecified atom stereocenters. The maximum absolute atomic E-state index is 13.5. The van der Waals surface area contributed by atoms with Gasteiger partial charge < -0.3 is 25.1 Å². The van der Waals surface area contributed by atoms with Gasteiger partial charge in [-0.05, 0) is 42.8 Å². The number of rotatable bonds is 8. The zero-order chi connectivity index (χ0) is 29.2. The summed E-state index contributed by atoms with van der Waals surface area (Å²) in [4.78, 5) is 39.6. The van der Waals surface area contributed by atoms with E-state index in [1.807, 2.05) is 0 Å². The van der Waals surface area contributed by atoms with Crippen molar-refractivity contribution in [2.45, 2.75) is 31.6 Å². The number of carbonyl (C=O) groups is 2. The van der Waals surface area contributed by atoms with Crippen LogP contribution >= 0.6 is 0 Å². The molecule has 0 saturated heterocycles. The van der Waals surface area contributed by atoms with E-state index in [4.69, 9.17) is 14.9 Å². The molecule has 0 spiro atoms. The van der Waals surface area contributed by atoms with Gasteiger partial charge in [-0.15, -0.1) is 0 Å². The van der Waals surface area contributed by atoms with E-state index >= 15 is 0 Å². The van der Waals surface area contributed by atoms with E-state index in [-0.39, 0.29) is 51.9 Å². The molecule has 3 aromatic heterocycles. The first-order chi connectivity index (χ1) is 18.9. The van der Waals surface area contributed by atoms with Crippen LogP contribution in [-0.2, 0) is 11.0 Å². The second-order valence-corrected chi connectivity index (χ2v) is 9.23. The summed E-state index contributed by atoms with van der Waals surface area (Å²) in [5.74, 6) is -0.753. The molecule has 4 rings (SSSR count). The SMILES string of the molecule is COc1ccc(-c2nc(C(=O)N[C@H](CC(=O)N(C)C)c3cccnc3)c([C@H](C)N)o2)c2ccc(C(F)(F)F)nc12. The van der Waals surface area contributed by atoms with Crippen LogP contribution in [0.25, 0.3) is 22.4 Å². The van der Waals surface area contributed by atoms with E-state index in [1.165, 1.54) is 24.1 Å². The number of oxazole rings is 1. The lowest BCUT2D eigenvalue weighted by Crippen LogP contribution is -2.34. The van der Waals surface area contributed by atoms with E-state index in [9.17, 15) is 22.8 Å². The second-order valence-electron chi connectivity index (χ2n) is 9.23. The average molecular weight is 557 g/mol. The Bertz CT molecular complexity index is 1540. The third-order valence-corrected chi connectivity index (χ3v) is 6.11. The number of methoxy groups -OCH3 is 1. The standard InChI is InChI=1S/C27H27F3N6O4/c1-14(31)24-23(25(38)33-18(12-21(37)36(2)3)15-6-5-11-32-13-15)35-26(40-24)17-7-9-19(39-4)22-16(17)8-10-20(34-22)27(28,29)30/h5-11,13-14,18H,12,31H2,1-4H3,(H,33,38)/t14-,18+/m0/s1. The summed E-state index contributed by atoms with van der Waals surface area (Å²) in [6.45, 7) is 1.60. The zero-order valence-electron chi connectivity index (χ0n) is 22.1. The fraction of sp³-hybridized carbons (Fsp3) is 0.296. The Kier molecular flexibility index (Phi) is 8.05. The smallest absolute Gasteiger partial charge is 0.433 e. The number of fused-ring (bicyclic) bond motifs is 1. The van der Waals surface area contributed by atoms with Gasteiger partial charge in [-0.2, -0.15) is 13.2 Å². The van der Waals surface area contributed by atoms with Crippen LogP contribution in [0.3, 0.4) is 0 Å². The molecule has 4 aromatic rings. The number of carbonyl (C=O) groups excluding carboxylic acids is 2. The van der Waals surface area contributed by atoms with Gasteiger partial charge in [0.05, 0.1) is 25.6 Å². The molecule has 40 heavy (non-hydrogen) atoms. The van der Waals surface area contributed by atoms with Crippen LogP contribution in [0.2, 0.25) is 0 Å². The quantitative estimate of drug-likeness (QED) is 0.328. The summed E-state index contributed by atoms with van der Waals surface area (Å²) in [7, 11) is 4.53. The fourth-order valence-electron chi connectivity index (χ4n) is 4.04. The number of nitrogens with two attached hydrogens (primary N) is 1. The molecule has 3 heterocycles. The summed E-state index contributed by atoms with van der Waals surface area (Å²) in [5, 5.41) is 3.08. The van der Waals surface area contributed by atoms with Gasteiger partial charge in [-0.25, -0.2) is 9.97 Å². The molecule has 3 N–H and O–H groups in total. The monoisotopic (exact) mass is 556 g/mol. The van der Waals surface area contributed by atoms with Crippen LogP contribution in [0.15, 0.2) is 53.2 Å². The number of hydrogen-bond donors (Lipinski definition) is 2. The highest BCUT2D eigenvalue weighted by atomic mass is 19.4. The molecule has 0 saturated carbocycles. The minimum Gasteiger partial charge on any atom is -0.494 e. The highest BCUT2D eigenvalue weighted by molar-refractivity contribution is 5.98. The normalized spacial score (nSPS) is 13.1. The number of alkyl halides is 3. The Balaban J connectivity index is 1.77. The number of pyridine rings is 2. The second kappa shape index (κ2) is 11.3. The first-order valence-corrected chi connectivity index (χ1v) is 12.1. The highest BCUT2D eigenvalue weighted by Gasteiger charge is 2.33. The van der Waals surface area contributed by atoms with Crippen molar-refractivity contribution in [1.29, 1.82) is 0 Å². The van der Waals surface area contributed by atoms with Crippen molar-refractivity contribution in [2.75, 3.05) is 21.2 Å². The number of ether oxygens (including phenoxy) is 1. The number of halogens is 3. The van der Waals surface area contributed by atoms with E-state index in [2.05, 4.69) is 20.3 Å². The topological polar surface area (TPSA) is 136 Å². The summed E-state index contributed by atoms with van der Waals surface area (Å²) in [6, 6.07) is 6.98. The van der Waals surface area contributed by atoms with Crippen LogP contribution < -0.4 is 15.8 Å². The van der Waals surface area contributed by atoms with E-state index < -0.39 is 29.9 Å². The molecule has 0 aliphatic carbocycles. The lowest BCUT2D eigenvalue weighted by Gasteiger charge is -2.20. The maximum Gasteiger partial charge on any atom is 0.433 e. The van der Waals surface area contributed by atoms with Crippen molar-refractivity contribution in [3.63, 3.8) is 0 Å². The number of nitrogens with one attached hydrogen (secondary N) is 1. The summed E-state index contributed by atoms with van der Waals surface area (Å²) >= 11 is 0. The van der Waals surface area contributed by atoms with Gasteiger partial charge in [0, 0.05) is 37.4 Å². The number of hydrogen-bond acceptors (Lipinski definition) is 8. The number of benzene rings is 1. The lowest BCUT2D eigenvalue weighted by molar-refractivity contribution is -0.141. The predicted molar refractivity (Wildman–Crippen MR) is 139 cm³/mol. The highest BCUT2D eigenvalue weighted by Crippen LogP contribution is 2.37. The minimum atomic E-state index is -4.66. The Labute approximate surface area is 227 Å². The van der Waals surface area contributed by atoms with Crippen molar-refractivity contribution in [2.24, 2.45) is 5.73 Å². The van der Waals surface area contributed by atoms with Crippen molar-refractivity contribution < 1.29 is 31.9 Å². The zero-order valence-corrected chi connectivity index (χ0v) is 22.1. The number of amides is 2. The Morgan fingerprint density at radius 1 is 1.15 bits per heavy atom. The first kappa shape index (κ1) is 28.5. The molecular formula is C27H27F3N6O4. The summed E-state index contributed by atoms with van der Waals surface area (Å²) in [6.07, 6.45) is -1.59. The van der Waals surface area contributed by atoms with E-state index in [0.717, 1.165) is 6.07 Å². The molecule has 2 atom stereocenters. The molecule has 210 valence electrons. The minimum absolute atomic E-state index is 0.0427. The number of aromatic nitrogens is 3. The molecule has 0 aliphatic heterocycles. The van der Waals surface area contributed by atoms with Gasteiger partial charge in [-0.3, -0.25) is 14.6 Å². The van der Waals surface area contributed by atoms with E-state index in [0.29, 0.717) is 5.56 Å². The Morgan fingerprint density at radius 3 is 2.50 bits per heavy atom. The van der Waals surface area contributed by atoms with Crippen LogP contribution in [0.5, 0.6) is 5.75 Å². The van der Waals surface area contributed by atoms with Gasteiger partial charge in [-0.1, -0.05) is 6.07 Å². The van der Waals surface area contributed by atoms with Crippen molar-refractivity contribution in [3.05, 3.63) is 71.5 Å². The predicted octanol–water partition coefficient (Wildman–Crippen LogP) is 4.28. The molecule has 1 aromatic carbocycles. The average Bonchev–Trinajstić information content (AvgIpc) is 3.37. The van der Waals surface area contributed by atoms with Gasteiger partial charge in [0.2, 0.25) is 11.8 Å². The van der Waals surface area contributed by atoms with Gasteiger partial charge >= 0.3 is 6.18 Å². The molecule has 10 nitrogen and oxygen atoms in total. The Morgan fingerprint density at radius 2 is 1.90 bits per heavy atom. The maximum atomic E-state index is 13.5. The summed E-state index contributed by atoms with van der Waals surface area (Å²) < 4.78 is 51.1. The number of nitrogens with zero attached hydrogens (tertiary/aromatic N) is 4. The lowest BCUT2D eigenvalue weighted by atomic mass is 10.0. The first-order valence-electron chi connectivity index (χ1n) is 12.1. The van der Waals surface area contributed by atoms with Gasteiger partial charge in [0.15, 0.2) is 11.5 Å². The van der Waals surface area contributed by atoms with Gasteiger partial charge in [0.25, 0.3) is 5.91 Å². The third-order valence-electron chi connectivity index (χ3n) is 6.11. The van der Waals surface area contributed by atoms with Crippen LogP contribution in [0.1, 0.15) is 52.9 Å². The molecule has 13 heteroatoms. The Hall–Kier alpha value is -4.52. The van der Waals surface area contributed by atoms with E-state index in [1.54, 1.807) is 51.6 Å². The van der Waals surface area contributed by atoms with Crippen molar-refractivity contribution in [3.8, 4) is 17.2 Å². The third kappa shape index (κ3) is 5.88. The fourth-order valence-corrected chi connectivity index (χ4v) is 4.04. The van der Waals surface area contributed by atoms with Crippen LogP contribution in [0.4, 0.5) is 13.2 Å². The van der Waals surface area contributed by atoms with Gasteiger partial charge in [0.1, 0.15) is 17.0 Å². The van der Waals surface area contributed by atoms with Crippen LogP contribution in [0, 0.1) is 0 Å².